The minimum atomic E-state index is 0.589. The summed E-state index contributed by atoms with van der Waals surface area (Å²) < 4.78 is 0. The van der Waals surface area contributed by atoms with Gasteiger partial charge in [-0.3, -0.25) is 0 Å². The Balaban J connectivity index is 1.22. The number of piperidine rings is 1. The Hall–Kier alpha value is -0.0400. The molecule has 0 N–H and O–H groups in total. The zero-order chi connectivity index (χ0) is 15.8. The molecule has 6 fully saturated rings. The summed E-state index contributed by atoms with van der Waals surface area (Å²) in [5.74, 6) is 6.58. The van der Waals surface area contributed by atoms with Crippen molar-refractivity contribution in [1.82, 2.24) is 4.90 Å². The molecule has 5 aliphatic carbocycles. The van der Waals surface area contributed by atoms with Crippen molar-refractivity contribution < 1.29 is 0 Å². The second kappa shape index (κ2) is 4.99. The van der Waals surface area contributed by atoms with E-state index >= 15 is 0 Å². The van der Waals surface area contributed by atoms with Crippen LogP contribution in [0.2, 0.25) is 0 Å². The molecule has 0 spiro atoms. The molecule has 2 unspecified atom stereocenters. The van der Waals surface area contributed by atoms with Gasteiger partial charge in [0.05, 0.1) is 0 Å². The second-order valence-corrected chi connectivity index (χ2v) is 11.5. The summed E-state index contributed by atoms with van der Waals surface area (Å²) in [6, 6.07) is 0. The van der Waals surface area contributed by atoms with Crippen LogP contribution >= 0.6 is 0 Å². The van der Waals surface area contributed by atoms with Crippen LogP contribution in [-0.4, -0.2) is 24.5 Å². The van der Waals surface area contributed by atoms with Crippen molar-refractivity contribution in [2.24, 2.45) is 46.3 Å². The van der Waals surface area contributed by atoms with Crippen molar-refractivity contribution in [2.75, 3.05) is 19.6 Å². The van der Waals surface area contributed by atoms with Gasteiger partial charge in [-0.25, -0.2) is 0 Å². The lowest BCUT2D eigenvalue weighted by atomic mass is 9.51. The van der Waals surface area contributed by atoms with Gasteiger partial charge in [-0.05, 0) is 104 Å². The number of rotatable bonds is 3. The number of fused-ring (bicyclic) bond motifs is 2. The largest absolute Gasteiger partial charge is 0.302 e. The molecule has 6 aliphatic rings. The Morgan fingerprint density at radius 3 is 2.17 bits per heavy atom. The van der Waals surface area contributed by atoms with Crippen molar-refractivity contribution >= 4 is 0 Å². The van der Waals surface area contributed by atoms with Crippen molar-refractivity contribution in [1.29, 1.82) is 0 Å². The van der Waals surface area contributed by atoms with E-state index in [9.17, 15) is 0 Å². The second-order valence-electron chi connectivity index (χ2n) is 11.5. The van der Waals surface area contributed by atoms with Crippen LogP contribution in [0.3, 0.4) is 0 Å². The lowest BCUT2D eigenvalue weighted by Crippen LogP contribution is -2.47. The fourth-order valence-corrected chi connectivity index (χ4v) is 8.55. The van der Waals surface area contributed by atoms with Crippen molar-refractivity contribution in [3.63, 3.8) is 0 Å². The number of hydrogen-bond acceptors (Lipinski definition) is 1. The molecule has 2 atom stereocenters. The van der Waals surface area contributed by atoms with E-state index in [0.29, 0.717) is 10.8 Å². The first-order valence-electron chi connectivity index (χ1n) is 10.6. The van der Waals surface area contributed by atoms with Gasteiger partial charge < -0.3 is 4.90 Å². The number of hydrogen-bond donors (Lipinski definition) is 0. The third-order valence-electron chi connectivity index (χ3n) is 9.01. The molecule has 1 heteroatoms. The molecule has 0 radical (unpaired) electrons. The van der Waals surface area contributed by atoms with E-state index in [1.807, 2.05) is 0 Å². The van der Waals surface area contributed by atoms with Gasteiger partial charge in [-0.1, -0.05) is 20.8 Å². The highest BCUT2D eigenvalue weighted by molar-refractivity contribution is 5.03. The predicted molar refractivity (Wildman–Crippen MR) is 96.2 cm³/mol. The summed E-state index contributed by atoms with van der Waals surface area (Å²) in [7, 11) is 0. The van der Waals surface area contributed by atoms with Gasteiger partial charge in [0.2, 0.25) is 0 Å². The standard InChI is InChI=1S/C22H37N/c1-21(2)13-22(3)11-19(21)12-23(14-22)5-4-20-17-7-15-6-16(9-17)10-18(20)8-15/h15-20H,4-14H2,1-3H3. The van der Waals surface area contributed by atoms with Crippen molar-refractivity contribution in [3.05, 3.63) is 0 Å². The number of likely N-dealkylation sites (tertiary alicyclic amines) is 1. The molecule has 5 saturated carbocycles. The first kappa shape index (κ1) is 15.2. The lowest BCUT2D eigenvalue weighted by molar-refractivity contribution is -0.0449. The molecular formula is C22H37N. The molecule has 0 aromatic rings. The van der Waals surface area contributed by atoms with Gasteiger partial charge in [-0.15, -0.1) is 0 Å². The van der Waals surface area contributed by atoms with E-state index in [1.165, 1.54) is 38.9 Å². The molecule has 0 amide bonds. The van der Waals surface area contributed by atoms with Crippen LogP contribution in [0.5, 0.6) is 0 Å². The summed E-state index contributed by atoms with van der Waals surface area (Å²) in [5.41, 5.74) is 1.21. The molecule has 0 aromatic heterocycles. The smallest absolute Gasteiger partial charge is 0.00358 e. The molecule has 1 nitrogen and oxygen atoms in total. The zero-order valence-corrected chi connectivity index (χ0v) is 15.7. The van der Waals surface area contributed by atoms with Crippen LogP contribution in [0.4, 0.5) is 0 Å². The molecule has 1 saturated heterocycles. The van der Waals surface area contributed by atoms with Crippen molar-refractivity contribution in [3.8, 4) is 0 Å². The molecule has 6 rings (SSSR count). The van der Waals surface area contributed by atoms with Crippen LogP contribution in [0, 0.1) is 46.3 Å². The summed E-state index contributed by atoms with van der Waals surface area (Å²) in [6.45, 7) is 11.8. The fraction of sp³-hybridized carbons (Fsp3) is 1.00. The third-order valence-corrected chi connectivity index (χ3v) is 9.01. The minimum Gasteiger partial charge on any atom is -0.302 e. The van der Waals surface area contributed by atoms with E-state index in [0.717, 1.165) is 35.5 Å². The molecule has 0 aromatic carbocycles. The third kappa shape index (κ3) is 2.52. The minimum absolute atomic E-state index is 0.589. The quantitative estimate of drug-likeness (QED) is 0.691. The van der Waals surface area contributed by atoms with E-state index in [1.54, 1.807) is 32.1 Å². The van der Waals surface area contributed by atoms with Gasteiger partial charge in [0, 0.05) is 13.1 Å². The molecule has 130 valence electrons. The van der Waals surface area contributed by atoms with Crippen LogP contribution in [0.15, 0.2) is 0 Å². The summed E-state index contributed by atoms with van der Waals surface area (Å²) in [4.78, 5) is 2.88. The highest BCUT2D eigenvalue weighted by Crippen LogP contribution is 2.58. The average Bonchev–Trinajstić information content (AvgIpc) is 2.60. The Morgan fingerprint density at radius 2 is 1.57 bits per heavy atom. The van der Waals surface area contributed by atoms with E-state index in [4.69, 9.17) is 0 Å². The van der Waals surface area contributed by atoms with Gasteiger partial charge in [0.1, 0.15) is 0 Å². The summed E-state index contributed by atoms with van der Waals surface area (Å²) >= 11 is 0. The maximum atomic E-state index is 2.88. The molecule has 6 bridgehead atoms. The zero-order valence-electron chi connectivity index (χ0n) is 15.7. The SMILES string of the molecule is CC12CC(CN(CCC3C4CC5CC(C4)CC3C5)C1)C(C)(C)C2. The predicted octanol–water partition coefficient (Wildman–Crippen LogP) is 5.21. The Morgan fingerprint density at radius 1 is 0.913 bits per heavy atom. The van der Waals surface area contributed by atoms with Gasteiger partial charge in [0.15, 0.2) is 0 Å². The normalized spacial score (nSPS) is 53.9. The average molecular weight is 316 g/mol. The highest BCUT2D eigenvalue weighted by atomic mass is 15.2. The fourth-order valence-electron chi connectivity index (χ4n) is 8.55. The number of nitrogens with zero attached hydrogens (tertiary/aromatic N) is 1. The van der Waals surface area contributed by atoms with Crippen molar-refractivity contribution in [2.45, 2.75) is 72.1 Å². The highest BCUT2D eigenvalue weighted by Gasteiger charge is 2.52. The first-order valence-corrected chi connectivity index (χ1v) is 10.6. The van der Waals surface area contributed by atoms with Crippen LogP contribution in [-0.2, 0) is 0 Å². The maximum Gasteiger partial charge on any atom is 0.00358 e. The van der Waals surface area contributed by atoms with Crippen LogP contribution < -0.4 is 0 Å². The van der Waals surface area contributed by atoms with Crippen LogP contribution in [0.1, 0.15) is 72.1 Å². The topological polar surface area (TPSA) is 3.24 Å². The Labute approximate surface area is 143 Å². The van der Waals surface area contributed by atoms with Gasteiger partial charge in [-0.2, -0.15) is 0 Å². The maximum absolute atomic E-state index is 2.88. The van der Waals surface area contributed by atoms with Gasteiger partial charge >= 0.3 is 0 Å². The summed E-state index contributed by atoms with van der Waals surface area (Å²) in [6.07, 6.45) is 12.5. The van der Waals surface area contributed by atoms with E-state index in [-0.39, 0.29) is 0 Å². The Bertz CT molecular complexity index is 452. The molecule has 1 heterocycles. The molecule has 1 aliphatic heterocycles. The van der Waals surface area contributed by atoms with Gasteiger partial charge in [0.25, 0.3) is 0 Å². The van der Waals surface area contributed by atoms with E-state index in [2.05, 4.69) is 25.7 Å². The Kier molecular flexibility index (Phi) is 3.31. The summed E-state index contributed by atoms with van der Waals surface area (Å²) in [5, 5.41) is 0. The monoisotopic (exact) mass is 315 g/mol. The lowest BCUT2D eigenvalue weighted by Gasteiger charge is -2.55. The van der Waals surface area contributed by atoms with Crippen LogP contribution in [0.25, 0.3) is 0 Å². The molecule has 23 heavy (non-hydrogen) atoms. The van der Waals surface area contributed by atoms with E-state index < -0.39 is 0 Å². The molecular weight excluding hydrogens is 278 g/mol. The first-order chi connectivity index (χ1) is 10.9.